The third-order valence-corrected chi connectivity index (χ3v) is 2.64. The third kappa shape index (κ3) is 5.81. The first-order chi connectivity index (χ1) is 9.22. The van der Waals surface area contributed by atoms with Crippen LogP contribution in [-0.2, 0) is 14.3 Å². The number of nitrogens with one attached hydrogen (secondary N) is 1. The van der Waals surface area contributed by atoms with E-state index in [-0.39, 0.29) is 6.61 Å². The second kappa shape index (κ2) is 6.53. The Hall–Kier alpha value is -1.47. The smallest absolute Gasteiger partial charge is 0.408 e. The zero-order chi connectivity index (χ0) is 17.1. The van der Waals surface area contributed by atoms with Gasteiger partial charge in [-0.3, -0.25) is 0 Å². The normalized spacial score (nSPS) is 14.3. The Kier molecular flexibility index (Phi) is 6.07. The molecule has 0 bridgehead atoms. The number of ether oxygens (including phenoxy) is 2. The summed E-state index contributed by atoms with van der Waals surface area (Å²) in [5.74, 6) is -1.16. The second-order valence-corrected chi connectivity index (χ2v) is 6.05. The predicted molar refractivity (Wildman–Crippen MR) is 69.6 cm³/mol. The number of alkyl halides is 3. The van der Waals surface area contributed by atoms with E-state index >= 15 is 0 Å². The minimum atomic E-state index is -4.71. The van der Waals surface area contributed by atoms with Crippen molar-refractivity contribution in [2.45, 2.75) is 59.4 Å². The van der Waals surface area contributed by atoms with Gasteiger partial charge in [0, 0.05) is 0 Å². The van der Waals surface area contributed by atoms with E-state index in [4.69, 9.17) is 4.74 Å². The molecule has 0 aromatic rings. The minimum absolute atomic E-state index is 0.0979. The molecule has 1 N–H and O–H groups in total. The fourth-order valence-electron chi connectivity index (χ4n) is 1.35. The van der Waals surface area contributed by atoms with Crippen LogP contribution in [0.15, 0.2) is 0 Å². The van der Waals surface area contributed by atoms with Crippen molar-refractivity contribution in [3.05, 3.63) is 0 Å². The van der Waals surface area contributed by atoms with E-state index in [2.05, 4.69) is 4.74 Å². The first-order valence-corrected chi connectivity index (χ1v) is 6.45. The van der Waals surface area contributed by atoms with Crippen molar-refractivity contribution in [3.8, 4) is 0 Å². The van der Waals surface area contributed by atoms with Crippen LogP contribution in [0.1, 0.15) is 41.5 Å². The lowest BCUT2D eigenvalue weighted by molar-refractivity contribution is -0.224. The molecule has 0 aromatic carbocycles. The lowest BCUT2D eigenvalue weighted by atomic mass is 9.83. The van der Waals surface area contributed by atoms with Crippen LogP contribution in [0.3, 0.4) is 0 Å². The van der Waals surface area contributed by atoms with Gasteiger partial charge in [0.25, 0.3) is 0 Å². The number of alkyl carbamates (subject to hydrolysis) is 1. The van der Waals surface area contributed by atoms with Crippen molar-refractivity contribution in [3.63, 3.8) is 0 Å². The van der Waals surface area contributed by atoms with Gasteiger partial charge in [-0.2, -0.15) is 13.2 Å². The Morgan fingerprint density at radius 1 is 1.10 bits per heavy atom. The van der Waals surface area contributed by atoms with E-state index < -0.39 is 35.3 Å². The monoisotopic (exact) mass is 313 g/mol. The van der Waals surface area contributed by atoms with E-state index in [1.807, 2.05) is 5.32 Å². The lowest BCUT2D eigenvalue weighted by Gasteiger charge is -2.35. The maximum absolute atomic E-state index is 13.1. The van der Waals surface area contributed by atoms with Gasteiger partial charge in [0.1, 0.15) is 11.6 Å². The van der Waals surface area contributed by atoms with Gasteiger partial charge in [-0.25, -0.2) is 9.59 Å². The molecule has 0 spiro atoms. The van der Waals surface area contributed by atoms with Gasteiger partial charge >= 0.3 is 18.2 Å². The van der Waals surface area contributed by atoms with E-state index in [1.165, 1.54) is 6.92 Å². The molecule has 0 aromatic heterocycles. The molecule has 0 aliphatic carbocycles. The molecule has 0 aliphatic rings. The molecule has 1 amide bonds. The molecule has 1 atom stereocenters. The number of rotatable bonds is 4. The van der Waals surface area contributed by atoms with E-state index in [9.17, 15) is 22.8 Å². The Balaban J connectivity index is 5.27. The lowest BCUT2D eigenvalue weighted by Crippen LogP contribution is -2.57. The van der Waals surface area contributed by atoms with Gasteiger partial charge in [-0.1, -0.05) is 0 Å². The first kappa shape index (κ1) is 19.5. The highest BCUT2D eigenvalue weighted by Gasteiger charge is 2.56. The molecule has 0 radical (unpaired) electrons. The minimum Gasteiger partial charge on any atom is -0.464 e. The van der Waals surface area contributed by atoms with Gasteiger partial charge in [-0.05, 0) is 41.5 Å². The number of esters is 1. The maximum atomic E-state index is 13.1. The summed E-state index contributed by atoms with van der Waals surface area (Å²) in [5, 5.41) is 1.95. The van der Waals surface area contributed by atoms with Crippen LogP contribution in [-0.4, -0.2) is 36.5 Å². The van der Waals surface area contributed by atoms with Crippen LogP contribution >= 0.6 is 0 Å². The molecule has 1 unspecified atom stereocenters. The molecule has 0 saturated carbocycles. The van der Waals surface area contributed by atoms with Crippen molar-refractivity contribution in [1.82, 2.24) is 5.32 Å². The highest BCUT2D eigenvalue weighted by atomic mass is 19.4. The van der Waals surface area contributed by atoms with Crippen molar-refractivity contribution in [1.29, 1.82) is 0 Å². The van der Waals surface area contributed by atoms with Crippen LogP contribution in [0.25, 0.3) is 0 Å². The van der Waals surface area contributed by atoms with Crippen molar-refractivity contribution in [2.75, 3.05) is 6.61 Å². The Bertz CT molecular complexity index is 386. The molecule has 0 aliphatic heterocycles. The fourth-order valence-corrected chi connectivity index (χ4v) is 1.35. The maximum Gasteiger partial charge on any atom is 0.408 e. The Morgan fingerprint density at radius 2 is 1.57 bits per heavy atom. The van der Waals surface area contributed by atoms with Gasteiger partial charge in [0.2, 0.25) is 0 Å². The molecule has 0 saturated heterocycles. The van der Waals surface area contributed by atoms with Crippen LogP contribution < -0.4 is 5.32 Å². The third-order valence-electron chi connectivity index (χ3n) is 2.64. The molecule has 0 heterocycles. The van der Waals surface area contributed by atoms with E-state index in [0.717, 1.165) is 13.8 Å². The number of carbonyl (C=O) groups excluding carboxylic acids is 2. The molecule has 5 nitrogen and oxygen atoms in total. The molecule has 21 heavy (non-hydrogen) atoms. The van der Waals surface area contributed by atoms with Gasteiger partial charge in [-0.15, -0.1) is 0 Å². The van der Waals surface area contributed by atoms with E-state index in [0.29, 0.717) is 0 Å². The SMILES string of the molecule is CCOC(=O)C(NC(=O)OC(C)(C)C)C(C)(C)C(F)(F)F. The first-order valence-electron chi connectivity index (χ1n) is 6.45. The number of carbonyl (C=O) groups is 2. The summed E-state index contributed by atoms with van der Waals surface area (Å²) < 4.78 is 48.7. The molecule has 0 rings (SSSR count). The van der Waals surface area contributed by atoms with Gasteiger partial charge < -0.3 is 14.8 Å². The summed E-state index contributed by atoms with van der Waals surface area (Å²) >= 11 is 0. The number of hydrogen-bond acceptors (Lipinski definition) is 4. The summed E-state index contributed by atoms with van der Waals surface area (Å²) in [6.45, 7) is 7.66. The zero-order valence-electron chi connectivity index (χ0n) is 13.1. The number of halogens is 3. The van der Waals surface area contributed by atoms with Crippen LogP contribution in [0.4, 0.5) is 18.0 Å². The predicted octanol–water partition coefficient (Wildman–Crippen LogP) is 3.03. The summed E-state index contributed by atoms with van der Waals surface area (Å²) in [6, 6.07) is -1.90. The second-order valence-electron chi connectivity index (χ2n) is 6.05. The average Bonchev–Trinajstić information content (AvgIpc) is 2.21. The van der Waals surface area contributed by atoms with E-state index in [1.54, 1.807) is 20.8 Å². The van der Waals surface area contributed by atoms with Crippen molar-refractivity contribution < 1.29 is 32.2 Å². The highest BCUT2D eigenvalue weighted by Crippen LogP contribution is 2.40. The summed E-state index contributed by atoms with van der Waals surface area (Å²) in [6.07, 6.45) is -5.82. The quantitative estimate of drug-likeness (QED) is 0.810. The summed E-state index contributed by atoms with van der Waals surface area (Å²) in [4.78, 5) is 23.4. The molecular weight excluding hydrogens is 291 g/mol. The Labute approximate surface area is 122 Å². The Morgan fingerprint density at radius 3 is 1.90 bits per heavy atom. The molecule has 124 valence electrons. The largest absolute Gasteiger partial charge is 0.464 e. The zero-order valence-corrected chi connectivity index (χ0v) is 13.1. The number of hydrogen-bond donors (Lipinski definition) is 1. The topological polar surface area (TPSA) is 64.6 Å². The van der Waals surface area contributed by atoms with Crippen LogP contribution in [0, 0.1) is 5.41 Å². The number of amides is 1. The molecule has 0 fully saturated rings. The summed E-state index contributed by atoms with van der Waals surface area (Å²) in [5.41, 5.74) is -3.40. The van der Waals surface area contributed by atoms with Crippen molar-refractivity contribution in [2.24, 2.45) is 5.41 Å². The van der Waals surface area contributed by atoms with Gasteiger partial charge in [0.15, 0.2) is 0 Å². The summed E-state index contributed by atoms with van der Waals surface area (Å²) in [7, 11) is 0. The highest BCUT2D eigenvalue weighted by molar-refractivity contribution is 5.82. The average molecular weight is 313 g/mol. The fraction of sp³-hybridized carbons (Fsp3) is 0.846. The molecular formula is C13H22F3NO4. The van der Waals surface area contributed by atoms with Crippen LogP contribution in [0.5, 0.6) is 0 Å². The standard InChI is InChI=1S/C13H22F3NO4/c1-7-20-9(18)8(12(5,6)13(14,15)16)17-10(19)21-11(2,3)4/h8H,7H2,1-6H3,(H,17,19). The van der Waals surface area contributed by atoms with Crippen molar-refractivity contribution >= 4 is 12.1 Å². The van der Waals surface area contributed by atoms with Gasteiger partial charge in [0.05, 0.1) is 12.0 Å². The van der Waals surface area contributed by atoms with Crippen LogP contribution in [0.2, 0.25) is 0 Å². The molecule has 8 heteroatoms.